The summed E-state index contributed by atoms with van der Waals surface area (Å²) in [6, 6.07) is 4.99. The summed E-state index contributed by atoms with van der Waals surface area (Å²) in [7, 11) is 0. The number of aliphatic hydroxyl groups excluding tert-OH is 2. The van der Waals surface area contributed by atoms with Crippen molar-refractivity contribution in [1.29, 1.82) is 0 Å². The fraction of sp³-hybridized carbons (Fsp3) is 0.481. The Labute approximate surface area is 229 Å². The van der Waals surface area contributed by atoms with Crippen LogP contribution in [0.1, 0.15) is 50.7 Å². The number of fused-ring (bicyclic) bond motifs is 2. The first-order valence-corrected chi connectivity index (χ1v) is 13.1. The molecule has 11 heteroatoms. The fourth-order valence-electron chi connectivity index (χ4n) is 5.74. The molecule has 2 heterocycles. The van der Waals surface area contributed by atoms with Crippen LogP contribution in [0.4, 0.5) is 14.5 Å². The summed E-state index contributed by atoms with van der Waals surface area (Å²) in [5.41, 5.74) is -1.36. The minimum atomic E-state index is -1.59. The van der Waals surface area contributed by atoms with Crippen molar-refractivity contribution in [3.8, 4) is 0 Å². The van der Waals surface area contributed by atoms with E-state index in [0.717, 1.165) is 0 Å². The van der Waals surface area contributed by atoms with E-state index in [9.17, 15) is 19.1 Å². The molecule has 206 valence electrons. The highest BCUT2D eigenvalue weighted by Crippen LogP contribution is 2.57. The van der Waals surface area contributed by atoms with Crippen LogP contribution < -0.4 is 16.0 Å². The van der Waals surface area contributed by atoms with E-state index >= 15 is 4.39 Å². The number of hydrogen-bond donors (Lipinski definition) is 5. The van der Waals surface area contributed by atoms with Gasteiger partial charge in [-0.05, 0) is 47.6 Å². The summed E-state index contributed by atoms with van der Waals surface area (Å²) in [4.78, 5) is 27.6. The Morgan fingerprint density at radius 1 is 1.21 bits per heavy atom. The maximum Gasteiger partial charge on any atom is 0.237 e. The van der Waals surface area contributed by atoms with E-state index in [2.05, 4.69) is 16.0 Å². The molecule has 0 bridgehead atoms. The van der Waals surface area contributed by atoms with Crippen molar-refractivity contribution in [3.63, 3.8) is 0 Å². The van der Waals surface area contributed by atoms with Crippen molar-refractivity contribution in [3.05, 3.63) is 63.1 Å². The number of anilines is 1. The van der Waals surface area contributed by atoms with Gasteiger partial charge in [-0.3, -0.25) is 9.59 Å². The van der Waals surface area contributed by atoms with Gasteiger partial charge in [-0.25, -0.2) is 8.78 Å². The average Bonchev–Trinajstić information content (AvgIpc) is 3.29. The number of aliphatic hydroxyl groups is 2. The van der Waals surface area contributed by atoms with Crippen molar-refractivity contribution in [2.45, 2.75) is 63.1 Å². The van der Waals surface area contributed by atoms with Crippen LogP contribution in [0.25, 0.3) is 0 Å². The Bertz CT molecular complexity index is 1260. The highest BCUT2D eigenvalue weighted by Gasteiger charge is 2.66. The van der Waals surface area contributed by atoms with E-state index in [1.54, 1.807) is 0 Å². The molecule has 0 unspecified atom stereocenters. The number of benzene rings is 2. The van der Waals surface area contributed by atoms with Gasteiger partial charge in [0.1, 0.15) is 17.0 Å². The Morgan fingerprint density at radius 3 is 2.58 bits per heavy atom. The van der Waals surface area contributed by atoms with Gasteiger partial charge in [0, 0.05) is 30.8 Å². The topological polar surface area (TPSA) is 111 Å². The van der Waals surface area contributed by atoms with Gasteiger partial charge in [0.25, 0.3) is 0 Å². The van der Waals surface area contributed by atoms with Crippen molar-refractivity contribution in [2.75, 3.05) is 18.5 Å². The number of nitrogens with one attached hydrogen (secondary N) is 3. The van der Waals surface area contributed by atoms with E-state index in [1.807, 2.05) is 20.8 Å². The Balaban J connectivity index is 1.94. The van der Waals surface area contributed by atoms with Crippen LogP contribution in [-0.2, 0) is 15.0 Å². The number of halogens is 4. The number of carbonyl (C=O) groups is 2. The lowest BCUT2D eigenvalue weighted by Gasteiger charge is -2.37. The van der Waals surface area contributed by atoms with Crippen LogP contribution in [-0.4, -0.2) is 53.4 Å². The molecule has 1 spiro atoms. The third-order valence-corrected chi connectivity index (χ3v) is 7.86. The number of rotatable bonds is 7. The van der Waals surface area contributed by atoms with Crippen LogP contribution in [0.2, 0.25) is 10.0 Å². The lowest BCUT2D eigenvalue weighted by atomic mass is 9.62. The van der Waals surface area contributed by atoms with Gasteiger partial charge < -0.3 is 26.2 Å². The third-order valence-electron chi connectivity index (χ3n) is 7.27. The maximum absolute atomic E-state index is 15.7. The molecule has 2 aliphatic heterocycles. The van der Waals surface area contributed by atoms with Gasteiger partial charge in [0.05, 0.1) is 22.2 Å². The molecule has 0 saturated carbocycles. The fourth-order valence-corrected chi connectivity index (χ4v) is 6.09. The largest absolute Gasteiger partial charge is 0.396 e. The Morgan fingerprint density at radius 2 is 1.92 bits per heavy atom. The molecule has 1 saturated heterocycles. The zero-order valence-corrected chi connectivity index (χ0v) is 22.8. The van der Waals surface area contributed by atoms with Crippen LogP contribution >= 0.6 is 23.2 Å². The molecule has 7 nitrogen and oxygen atoms in total. The molecule has 0 aliphatic carbocycles. The van der Waals surface area contributed by atoms with Gasteiger partial charge in [-0.15, -0.1) is 0 Å². The van der Waals surface area contributed by atoms with Gasteiger partial charge in [0.2, 0.25) is 11.8 Å². The molecule has 1 fully saturated rings. The molecule has 2 aliphatic rings. The minimum absolute atomic E-state index is 0.0239. The van der Waals surface area contributed by atoms with E-state index in [-0.39, 0.29) is 51.8 Å². The smallest absolute Gasteiger partial charge is 0.237 e. The summed E-state index contributed by atoms with van der Waals surface area (Å²) >= 11 is 12.2. The summed E-state index contributed by atoms with van der Waals surface area (Å²) < 4.78 is 30.6. The van der Waals surface area contributed by atoms with Crippen molar-refractivity contribution in [1.82, 2.24) is 10.6 Å². The molecule has 2 aromatic carbocycles. The first kappa shape index (κ1) is 28.7. The third kappa shape index (κ3) is 5.02. The second kappa shape index (κ2) is 10.7. The first-order chi connectivity index (χ1) is 17.8. The zero-order chi connectivity index (χ0) is 28.0. The molecule has 2 amide bonds. The first-order valence-electron chi connectivity index (χ1n) is 12.4. The standard InChI is InChI=1S/C27H31Cl2F2N3O4/c1-26(2,3)11-20-27(15-9-18(30)17(29)10-19(15)33-25(27)38)21(14-5-4-6-16(28)22(14)31)23(34-20)24(37)32-12-13(36)7-8-35/h4-6,9-10,13,20-21,23,34-36H,7-8,11-12H2,1-3H3,(H,32,37)(H,33,38)/t13-,20+,21-,23+,27-/m0/s1. The normalized spacial score (nSPS) is 25.4. The molecular formula is C27H31Cl2F2N3O4. The van der Waals surface area contributed by atoms with Crippen molar-refractivity contribution in [2.24, 2.45) is 5.41 Å². The van der Waals surface area contributed by atoms with Crippen LogP contribution in [0, 0.1) is 17.0 Å². The maximum atomic E-state index is 15.7. The van der Waals surface area contributed by atoms with E-state index in [4.69, 9.17) is 28.3 Å². The molecule has 0 aromatic heterocycles. The van der Waals surface area contributed by atoms with Gasteiger partial charge in [0.15, 0.2) is 0 Å². The molecule has 38 heavy (non-hydrogen) atoms. The second-order valence-electron chi connectivity index (χ2n) is 11.1. The summed E-state index contributed by atoms with van der Waals surface area (Å²) in [5.74, 6) is -3.77. The Kier molecular flexibility index (Phi) is 8.08. The predicted molar refractivity (Wildman–Crippen MR) is 141 cm³/mol. The predicted octanol–water partition coefficient (Wildman–Crippen LogP) is 3.88. The highest BCUT2D eigenvalue weighted by atomic mass is 35.5. The molecule has 2 aromatic rings. The second-order valence-corrected chi connectivity index (χ2v) is 11.9. The minimum Gasteiger partial charge on any atom is -0.396 e. The number of hydrogen-bond acceptors (Lipinski definition) is 5. The monoisotopic (exact) mass is 569 g/mol. The van der Waals surface area contributed by atoms with Crippen molar-refractivity contribution < 1.29 is 28.6 Å². The number of amides is 2. The van der Waals surface area contributed by atoms with Crippen LogP contribution in [0.3, 0.4) is 0 Å². The van der Waals surface area contributed by atoms with E-state index in [0.29, 0.717) is 6.42 Å². The van der Waals surface area contributed by atoms with Crippen LogP contribution in [0.15, 0.2) is 30.3 Å². The van der Waals surface area contributed by atoms with E-state index in [1.165, 1.54) is 30.3 Å². The average molecular weight is 570 g/mol. The van der Waals surface area contributed by atoms with E-state index < -0.39 is 53.0 Å². The van der Waals surface area contributed by atoms with Gasteiger partial charge in [-0.2, -0.15) is 0 Å². The van der Waals surface area contributed by atoms with Crippen molar-refractivity contribution >= 4 is 40.7 Å². The van der Waals surface area contributed by atoms with Gasteiger partial charge in [-0.1, -0.05) is 56.1 Å². The number of carbonyl (C=O) groups excluding carboxylic acids is 2. The molecule has 5 N–H and O–H groups in total. The lowest BCUT2D eigenvalue weighted by molar-refractivity contribution is -0.124. The van der Waals surface area contributed by atoms with Gasteiger partial charge >= 0.3 is 0 Å². The quantitative estimate of drug-likeness (QED) is 0.347. The summed E-state index contributed by atoms with van der Waals surface area (Å²) in [5, 5.41) is 27.5. The molecule has 5 atom stereocenters. The Hall–Kier alpha value is -2.30. The summed E-state index contributed by atoms with van der Waals surface area (Å²) in [6.45, 7) is 5.47. The molecule has 4 rings (SSSR count). The van der Waals surface area contributed by atoms with Crippen LogP contribution in [0.5, 0.6) is 0 Å². The highest BCUT2D eigenvalue weighted by molar-refractivity contribution is 6.31. The molecular weight excluding hydrogens is 539 g/mol. The zero-order valence-electron chi connectivity index (χ0n) is 21.2. The molecule has 0 radical (unpaired) electrons. The lowest BCUT2D eigenvalue weighted by Crippen LogP contribution is -2.49. The summed E-state index contributed by atoms with van der Waals surface area (Å²) in [6.07, 6.45) is -0.575. The SMILES string of the molecule is CC(C)(C)C[C@H]1N[C@@H](C(=O)NC[C@@H](O)CCO)[C@H](c2cccc(Cl)c2F)[C@@]12C(=O)Nc1cc(Cl)c(F)cc12.